The molecule has 2 aromatic carbocycles. The van der Waals surface area contributed by atoms with Crippen LogP contribution < -0.4 is 14.8 Å². The van der Waals surface area contributed by atoms with E-state index < -0.39 is 94.1 Å². The molecule has 2 aliphatic rings. The monoisotopic (exact) mass is 718 g/mol. The van der Waals surface area contributed by atoms with Crippen LogP contribution in [0.15, 0.2) is 36.4 Å². The van der Waals surface area contributed by atoms with Gasteiger partial charge in [0, 0.05) is 26.5 Å². The van der Waals surface area contributed by atoms with Crippen molar-refractivity contribution in [3.63, 3.8) is 0 Å². The molecule has 0 aromatic heterocycles. The van der Waals surface area contributed by atoms with Crippen LogP contribution in [-0.2, 0) is 50.2 Å². The third-order valence-electron chi connectivity index (χ3n) is 7.17. The first-order chi connectivity index (χ1) is 21.4. The van der Waals surface area contributed by atoms with E-state index in [1.54, 1.807) is 44.2 Å². The molecule has 2 amide bonds. The summed E-state index contributed by atoms with van der Waals surface area (Å²) in [6.07, 6.45) is 0. The van der Waals surface area contributed by atoms with E-state index in [1.165, 1.54) is 7.11 Å². The molecule has 4 atom stereocenters. The number of nitrogens with one attached hydrogen (secondary N) is 1. The van der Waals surface area contributed by atoms with E-state index in [1.807, 2.05) is 0 Å². The van der Waals surface area contributed by atoms with Gasteiger partial charge in [0.1, 0.15) is 23.0 Å². The van der Waals surface area contributed by atoms with Gasteiger partial charge in [0.25, 0.3) is 21.8 Å². The predicted molar refractivity (Wildman–Crippen MR) is 164 cm³/mol. The van der Waals surface area contributed by atoms with Crippen molar-refractivity contribution in [2.75, 3.05) is 7.11 Å². The van der Waals surface area contributed by atoms with Crippen LogP contribution in [0.1, 0.15) is 44.1 Å². The van der Waals surface area contributed by atoms with E-state index >= 15 is 0 Å². The van der Waals surface area contributed by atoms with Crippen LogP contribution in [0, 0.1) is 0 Å². The minimum atomic E-state index is -5.34. The summed E-state index contributed by atoms with van der Waals surface area (Å²) < 4.78 is 55.3. The second-order valence-corrected chi connectivity index (χ2v) is 14.6. The van der Waals surface area contributed by atoms with E-state index in [4.69, 9.17) is 42.1 Å². The molecule has 0 radical (unpaired) electrons. The number of hydrogen-bond acceptors (Lipinski definition) is 12. The summed E-state index contributed by atoms with van der Waals surface area (Å²) in [7, 11) is -4.11. The van der Waals surface area contributed by atoms with E-state index in [-0.39, 0.29) is 6.61 Å². The zero-order valence-electron chi connectivity index (χ0n) is 24.9. The van der Waals surface area contributed by atoms with Gasteiger partial charge >= 0.3 is 17.9 Å². The number of nitrogens with zero attached hydrogens (tertiary/aromatic N) is 1. The largest absolute Gasteiger partial charge is 0.457 e. The number of carbonyl (C=O) groups is 5. The summed E-state index contributed by atoms with van der Waals surface area (Å²) in [6, 6.07) is 8.21. The van der Waals surface area contributed by atoms with E-state index in [2.05, 4.69) is 5.32 Å². The number of fused-ring (bicyclic) bond motifs is 1. The molecule has 46 heavy (non-hydrogen) atoms. The number of rotatable bonds is 10. The van der Waals surface area contributed by atoms with Crippen molar-refractivity contribution in [2.24, 2.45) is 0 Å². The third kappa shape index (κ3) is 6.29. The number of methoxy groups -OCH3 is 1. The lowest BCUT2D eigenvalue weighted by Gasteiger charge is -2.49. The number of ether oxygens (including phenoxy) is 4. The van der Waals surface area contributed by atoms with Gasteiger partial charge in [-0.1, -0.05) is 53.5 Å². The Bertz CT molecular complexity index is 1720. The highest BCUT2D eigenvalue weighted by Gasteiger charge is 2.74. The molecule has 2 fully saturated rings. The molecule has 18 heteroatoms. The molecule has 2 saturated heterocycles. The van der Waals surface area contributed by atoms with Gasteiger partial charge in [0.05, 0.1) is 9.77 Å². The van der Waals surface area contributed by atoms with E-state index in [0.717, 1.165) is 36.6 Å². The van der Waals surface area contributed by atoms with Crippen LogP contribution >= 0.6 is 35.0 Å². The van der Waals surface area contributed by atoms with Crippen molar-refractivity contribution in [1.29, 1.82) is 0 Å². The van der Waals surface area contributed by atoms with Gasteiger partial charge in [0.15, 0.2) is 16.7 Å². The zero-order chi connectivity index (χ0) is 34.4. The lowest BCUT2D eigenvalue weighted by atomic mass is 9.91. The molecular weight excluding hydrogens is 691 g/mol. The normalized spacial score (nSPS) is 22.3. The number of carbonyl (C=O) groups excluding carboxylic acids is 5. The van der Waals surface area contributed by atoms with Crippen LogP contribution in [0.2, 0.25) is 10.0 Å². The third-order valence-corrected chi connectivity index (χ3v) is 10.7. The maximum absolute atomic E-state index is 13.5. The molecule has 2 N–H and O–H groups in total. The minimum absolute atomic E-state index is 0.108. The quantitative estimate of drug-likeness (QED) is 0.158. The number of esters is 3. The van der Waals surface area contributed by atoms with Crippen molar-refractivity contribution >= 4 is 74.8 Å². The van der Waals surface area contributed by atoms with Gasteiger partial charge in [-0.15, -0.1) is 11.8 Å². The van der Waals surface area contributed by atoms with E-state index in [9.17, 15) is 36.9 Å². The average molecular weight is 720 g/mol. The van der Waals surface area contributed by atoms with Crippen LogP contribution in [0.25, 0.3) is 0 Å². The van der Waals surface area contributed by atoms with Gasteiger partial charge in [-0.25, -0.2) is 4.79 Å². The van der Waals surface area contributed by atoms with Crippen molar-refractivity contribution in [1.82, 2.24) is 10.2 Å². The first kappa shape index (κ1) is 35.4. The first-order valence-electron chi connectivity index (χ1n) is 13.3. The smallest absolute Gasteiger partial charge is 0.361 e. The first-order valence-corrected chi connectivity index (χ1v) is 16.4. The number of thioether (sulfide) groups is 1. The summed E-state index contributed by atoms with van der Waals surface area (Å²) in [5, 5.41) is -2.37. The molecule has 0 spiro atoms. The molecule has 0 saturated carbocycles. The number of β-lactam (4-membered cyclic amide) rings is 1. The van der Waals surface area contributed by atoms with Crippen molar-refractivity contribution in [3.8, 4) is 11.5 Å². The molecule has 0 bridgehead atoms. The Morgan fingerprint density at radius 2 is 1.67 bits per heavy atom. The lowest BCUT2D eigenvalue weighted by molar-refractivity contribution is -0.216. The Kier molecular flexibility index (Phi) is 10.0. The van der Waals surface area contributed by atoms with Gasteiger partial charge in [-0.05, 0) is 25.5 Å². The summed E-state index contributed by atoms with van der Waals surface area (Å²) in [5.74, 6) is -6.03. The topological polar surface area (TPSA) is 192 Å². The van der Waals surface area contributed by atoms with Crippen LogP contribution in [0.3, 0.4) is 0 Å². The van der Waals surface area contributed by atoms with Gasteiger partial charge in [-0.3, -0.25) is 28.6 Å². The van der Waals surface area contributed by atoms with Crippen molar-refractivity contribution < 1.29 is 55.9 Å². The standard InChI is InChI=1S/C28H28Cl2N2O12S2/c1-13(33)43-17-11-16(18(29)19(30)21(17)44-14(2)34)22(46(38,39)40)23(35)31-20-24(36)32-25(20)45-27(3,4)28(32,41-5)26(37)42-12-15-9-7-6-8-10-15/h6-11,20,22,25H,12H2,1-5H3,(H,31,35)(H,38,39,40)/t20-,22?,25+,28+/m0/s1. The predicted octanol–water partition coefficient (Wildman–Crippen LogP) is 3.04. The summed E-state index contributed by atoms with van der Waals surface area (Å²) in [6.45, 7) is 5.16. The Hall–Kier alpha value is -3.41. The minimum Gasteiger partial charge on any atom is -0.457 e. The van der Waals surface area contributed by atoms with Gasteiger partial charge in [0.2, 0.25) is 5.91 Å². The fourth-order valence-electron chi connectivity index (χ4n) is 5.25. The maximum Gasteiger partial charge on any atom is 0.361 e. The number of benzene rings is 2. The van der Waals surface area contributed by atoms with Crippen LogP contribution in [-0.4, -0.2) is 76.6 Å². The zero-order valence-corrected chi connectivity index (χ0v) is 28.0. The fraction of sp³-hybridized carbons (Fsp3) is 0.393. The Morgan fingerprint density at radius 3 is 2.22 bits per heavy atom. The summed E-state index contributed by atoms with van der Waals surface area (Å²) >= 11 is 13.6. The second kappa shape index (κ2) is 13.0. The molecule has 2 aromatic rings. The number of hydrogen-bond donors (Lipinski definition) is 2. The van der Waals surface area contributed by atoms with Gasteiger partial charge in [-0.2, -0.15) is 8.42 Å². The highest BCUT2D eigenvalue weighted by molar-refractivity contribution is 8.01. The second-order valence-electron chi connectivity index (χ2n) is 10.6. The molecule has 2 aliphatic heterocycles. The Labute approximate surface area is 277 Å². The molecule has 14 nitrogen and oxygen atoms in total. The Morgan fingerprint density at radius 1 is 1.07 bits per heavy atom. The number of amides is 2. The van der Waals surface area contributed by atoms with Crippen LogP contribution in [0.4, 0.5) is 0 Å². The van der Waals surface area contributed by atoms with Crippen LogP contribution in [0.5, 0.6) is 11.5 Å². The van der Waals surface area contributed by atoms with Gasteiger partial charge < -0.3 is 24.3 Å². The molecule has 4 rings (SSSR count). The Balaban J connectivity index is 1.65. The molecule has 248 valence electrons. The summed E-state index contributed by atoms with van der Waals surface area (Å²) in [5.41, 5.74) is -1.88. The highest BCUT2D eigenvalue weighted by Crippen LogP contribution is 2.57. The lowest BCUT2D eigenvalue weighted by Crippen LogP contribution is -2.76. The fourth-order valence-corrected chi connectivity index (χ4v) is 8.35. The summed E-state index contributed by atoms with van der Waals surface area (Å²) in [4.78, 5) is 65.0. The molecule has 2 heterocycles. The van der Waals surface area contributed by atoms with Crippen molar-refractivity contribution in [2.45, 2.75) is 61.4 Å². The number of halogens is 2. The maximum atomic E-state index is 13.5. The van der Waals surface area contributed by atoms with Crippen molar-refractivity contribution in [3.05, 3.63) is 57.6 Å². The SMILES string of the molecule is CO[C@@]1(C(=O)OCc2ccccc2)N2C(=O)[C@H](NC(=O)C(c3cc(OC(C)=O)c(OC(C)=O)c(Cl)c3Cl)S(=O)(=O)O)[C@H]2SC1(C)C. The molecule has 1 unspecified atom stereocenters. The van der Waals surface area contributed by atoms with E-state index in [0.29, 0.717) is 5.56 Å². The average Bonchev–Trinajstić information content (AvgIpc) is 3.18. The molecular formula is C28H28Cl2N2O12S2. The molecule has 0 aliphatic carbocycles. The highest BCUT2D eigenvalue weighted by atomic mass is 35.5.